The maximum atomic E-state index is 13.7. The molecule has 0 aliphatic carbocycles. The molecule has 6 N–H and O–H groups in total. The zero-order valence-corrected chi connectivity index (χ0v) is 22.0. The maximum Gasteiger partial charge on any atom is 0.326 e. The number of carboxylic acids is 1. The molecule has 11 nitrogen and oxygen atoms in total. The van der Waals surface area contributed by atoms with Crippen molar-refractivity contribution < 1.29 is 24.3 Å². The Morgan fingerprint density at radius 3 is 2.15 bits per heavy atom. The van der Waals surface area contributed by atoms with Crippen LogP contribution in [0, 0.1) is 0 Å². The van der Waals surface area contributed by atoms with E-state index >= 15 is 0 Å². The van der Waals surface area contributed by atoms with Gasteiger partial charge in [0.1, 0.15) is 18.1 Å². The van der Waals surface area contributed by atoms with Crippen molar-refractivity contribution >= 4 is 23.7 Å². The monoisotopic (exact) mass is 546 g/mol. The Balaban J connectivity index is 1.53. The summed E-state index contributed by atoms with van der Waals surface area (Å²) >= 11 is 0. The first-order chi connectivity index (χ1) is 19.3. The minimum absolute atomic E-state index is 0.0763. The number of nitrogens with one attached hydrogen (secondary N) is 3. The number of likely N-dealkylation sites (tertiary alicyclic amines) is 1. The van der Waals surface area contributed by atoms with E-state index in [1.165, 1.54) is 17.4 Å². The molecule has 2 aromatic carbocycles. The number of hydrogen-bond acceptors (Lipinski definition) is 6. The van der Waals surface area contributed by atoms with Gasteiger partial charge in [-0.1, -0.05) is 60.7 Å². The first-order valence-electron chi connectivity index (χ1n) is 13.3. The van der Waals surface area contributed by atoms with Gasteiger partial charge in [-0.05, 0) is 30.4 Å². The first-order valence-corrected chi connectivity index (χ1v) is 13.3. The molecule has 4 unspecified atom stereocenters. The molecule has 4 atom stereocenters. The van der Waals surface area contributed by atoms with Gasteiger partial charge in [0.15, 0.2) is 0 Å². The highest BCUT2D eigenvalue weighted by Crippen LogP contribution is 2.19. The van der Waals surface area contributed by atoms with Gasteiger partial charge in [-0.25, -0.2) is 9.78 Å². The number of aromatic amines is 1. The van der Waals surface area contributed by atoms with Crippen molar-refractivity contribution in [1.82, 2.24) is 25.5 Å². The molecule has 0 bridgehead atoms. The average Bonchev–Trinajstić information content (AvgIpc) is 3.66. The van der Waals surface area contributed by atoms with E-state index in [-0.39, 0.29) is 19.4 Å². The number of nitrogens with zero attached hydrogens (tertiary/aromatic N) is 2. The molecular formula is C29H34N6O5. The lowest BCUT2D eigenvalue weighted by Gasteiger charge is -2.29. The van der Waals surface area contributed by atoms with Gasteiger partial charge in [0, 0.05) is 31.3 Å². The summed E-state index contributed by atoms with van der Waals surface area (Å²) in [7, 11) is 0. The predicted octanol–water partition coefficient (Wildman–Crippen LogP) is 0.810. The number of carbonyl (C=O) groups excluding carboxylic acids is 3. The van der Waals surface area contributed by atoms with Crippen LogP contribution in [-0.2, 0) is 38.4 Å². The van der Waals surface area contributed by atoms with Crippen molar-refractivity contribution in [3.63, 3.8) is 0 Å². The van der Waals surface area contributed by atoms with E-state index in [2.05, 4.69) is 20.6 Å². The summed E-state index contributed by atoms with van der Waals surface area (Å²) in [6.07, 6.45) is 4.43. The number of amides is 3. The molecule has 11 heteroatoms. The summed E-state index contributed by atoms with van der Waals surface area (Å²) < 4.78 is 0. The van der Waals surface area contributed by atoms with Crippen molar-refractivity contribution in [2.75, 3.05) is 6.54 Å². The smallest absolute Gasteiger partial charge is 0.326 e. The Morgan fingerprint density at radius 2 is 1.55 bits per heavy atom. The number of rotatable bonds is 12. The Morgan fingerprint density at radius 1 is 0.925 bits per heavy atom. The average molecular weight is 547 g/mol. The Hall–Kier alpha value is -4.51. The molecule has 0 radical (unpaired) electrons. The molecule has 1 aromatic heterocycles. The summed E-state index contributed by atoms with van der Waals surface area (Å²) in [5.74, 6) is -2.66. The molecule has 1 fully saturated rings. The number of imidazole rings is 1. The SMILES string of the molecule is NC(Cc1ccccc1)C(=O)NC(Cc1ccccc1)C(=O)NC(Cc1cnc[nH]1)C(=O)N1CCCC1C(=O)O. The number of aliphatic carboxylic acids is 1. The van der Waals surface area contributed by atoms with Crippen molar-refractivity contribution in [3.05, 3.63) is 90.0 Å². The summed E-state index contributed by atoms with van der Waals surface area (Å²) in [4.78, 5) is 60.2. The van der Waals surface area contributed by atoms with Gasteiger partial charge in [0.25, 0.3) is 0 Å². The van der Waals surface area contributed by atoms with Gasteiger partial charge in [-0.3, -0.25) is 14.4 Å². The molecular weight excluding hydrogens is 512 g/mol. The number of nitrogens with two attached hydrogens (primary N) is 1. The van der Waals surface area contributed by atoms with Crippen LogP contribution in [0.25, 0.3) is 0 Å². The highest BCUT2D eigenvalue weighted by atomic mass is 16.4. The Labute approximate surface area is 232 Å². The van der Waals surface area contributed by atoms with Crippen molar-refractivity contribution in [1.29, 1.82) is 0 Å². The molecule has 1 aliphatic heterocycles. The van der Waals surface area contributed by atoms with Crippen LogP contribution in [0.15, 0.2) is 73.2 Å². The maximum absolute atomic E-state index is 13.7. The van der Waals surface area contributed by atoms with Crippen LogP contribution in [0.5, 0.6) is 0 Å². The molecule has 2 heterocycles. The molecule has 1 aliphatic rings. The van der Waals surface area contributed by atoms with E-state index < -0.39 is 47.9 Å². The van der Waals surface area contributed by atoms with Crippen LogP contribution in [-0.4, -0.2) is 74.4 Å². The normalized spacial score (nSPS) is 17.0. The third-order valence-electron chi connectivity index (χ3n) is 6.97. The quantitative estimate of drug-likeness (QED) is 0.224. The Kier molecular flexibility index (Phi) is 9.63. The lowest BCUT2D eigenvalue weighted by atomic mass is 10.0. The number of hydrogen-bond donors (Lipinski definition) is 5. The number of carboxylic acid groups (broad SMARTS) is 1. The number of aromatic nitrogens is 2. The molecule has 1 saturated heterocycles. The van der Waals surface area contributed by atoms with E-state index in [1.807, 2.05) is 60.7 Å². The summed E-state index contributed by atoms with van der Waals surface area (Å²) in [5.41, 5.74) is 8.48. The lowest BCUT2D eigenvalue weighted by Crippen LogP contribution is -2.58. The van der Waals surface area contributed by atoms with E-state index in [0.717, 1.165) is 11.1 Å². The second-order valence-electron chi connectivity index (χ2n) is 9.92. The van der Waals surface area contributed by atoms with Gasteiger partial charge < -0.3 is 31.4 Å². The van der Waals surface area contributed by atoms with E-state index in [0.29, 0.717) is 25.0 Å². The second kappa shape index (κ2) is 13.5. The fourth-order valence-corrected chi connectivity index (χ4v) is 4.87. The largest absolute Gasteiger partial charge is 0.480 e. The zero-order chi connectivity index (χ0) is 28.5. The zero-order valence-electron chi connectivity index (χ0n) is 22.0. The molecule has 3 aromatic rings. The number of benzene rings is 2. The third kappa shape index (κ3) is 7.54. The summed E-state index contributed by atoms with van der Waals surface area (Å²) in [6, 6.07) is 14.6. The molecule has 3 amide bonds. The Bertz CT molecular complexity index is 1280. The molecule has 40 heavy (non-hydrogen) atoms. The van der Waals surface area contributed by atoms with Gasteiger partial charge in [-0.2, -0.15) is 0 Å². The van der Waals surface area contributed by atoms with Crippen LogP contribution in [0.3, 0.4) is 0 Å². The summed E-state index contributed by atoms with van der Waals surface area (Å²) in [5, 5.41) is 15.2. The fourth-order valence-electron chi connectivity index (χ4n) is 4.87. The van der Waals surface area contributed by atoms with Crippen molar-refractivity contribution in [3.8, 4) is 0 Å². The standard InChI is InChI=1S/C29H34N6O5/c30-22(14-19-8-3-1-4-9-19)26(36)33-23(15-20-10-5-2-6-11-20)27(37)34-24(16-21-17-31-18-32-21)28(38)35-13-7-12-25(35)29(39)40/h1-6,8-11,17-18,22-25H,7,12-16,30H2,(H,31,32)(H,33,36)(H,34,37)(H,39,40). The third-order valence-corrected chi connectivity index (χ3v) is 6.97. The van der Waals surface area contributed by atoms with Gasteiger partial charge in [0.2, 0.25) is 17.7 Å². The van der Waals surface area contributed by atoms with Crippen LogP contribution in [0.1, 0.15) is 29.7 Å². The van der Waals surface area contributed by atoms with E-state index in [4.69, 9.17) is 5.73 Å². The van der Waals surface area contributed by atoms with Crippen molar-refractivity contribution in [2.24, 2.45) is 5.73 Å². The lowest BCUT2D eigenvalue weighted by molar-refractivity contribution is -0.149. The van der Waals surface area contributed by atoms with Crippen LogP contribution in [0.4, 0.5) is 0 Å². The van der Waals surface area contributed by atoms with Gasteiger partial charge >= 0.3 is 5.97 Å². The molecule has 0 spiro atoms. The minimum atomic E-state index is -1.08. The molecule has 0 saturated carbocycles. The minimum Gasteiger partial charge on any atom is -0.480 e. The van der Waals surface area contributed by atoms with Crippen LogP contribution in [0.2, 0.25) is 0 Å². The second-order valence-corrected chi connectivity index (χ2v) is 9.92. The number of H-pyrrole nitrogens is 1. The van der Waals surface area contributed by atoms with Crippen LogP contribution < -0.4 is 16.4 Å². The molecule has 210 valence electrons. The van der Waals surface area contributed by atoms with Crippen molar-refractivity contribution in [2.45, 2.75) is 56.3 Å². The molecule has 4 rings (SSSR count). The van der Waals surface area contributed by atoms with Gasteiger partial charge in [-0.15, -0.1) is 0 Å². The van der Waals surface area contributed by atoms with E-state index in [9.17, 15) is 24.3 Å². The van der Waals surface area contributed by atoms with Gasteiger partial charge in [0.05, 0.1) is 12.4 Å². The predicted molar refractivity (Wildman–Crippen MR) is 147 cm³/mol. The highest BCUT2D eigenvalue weighted by molar-refractivity contribution is 5.94. The first kappa shape index (κ1) is 28.5. The number of carbonyl (C=O) groups is 4. The topological polar surface area (TPSA) is 171 Å². The fraction of sp³-hybridized carbons (Fsp3) is 0.345. The highest BCUT2D eigenvalue weighted by Gasteiger charge is 2.38. The van der Waals surface area contributed by atoms with Crippen LogP contribution >= 0.6 is 0 Å². The summed E-state index contributed by atoms with van der Waals surface area (Å²) in [6.45, 7) is 0.281. The van der Waals surface area contributed by atoms with E-state index in [1.54, 1.807) is 0 Å².